The number of hydrogen-bond donors (Lipinski definition) is 2. The molecule has 2 amide bonds. The van der Waals surface area contributed by atoms with Crippen LogP contribution in [0.1, 0.15) is 10.4 Å². The van der Waals surface area contributed by atoms with Crippen LogP contribution in [0.25, 0.3) is 11.1 Å². The third-order valence-electron chi connectivity index (χ3n) is 3.57. The van der Waals surface area contributed by atoms with Gasteiger partial charge >= 0.3 is 0 Å². The molecule has 0 radical (unpaired) electrons. The minimum Gasteiger partial charge on any atom is -0.484 e. The second kappa shape index (κ2) is 8.43. The molecule has 6 nitrogen and oxygen atoms in total. The Bertz CT molecular complexity index is 866. The molecule has 3 aromatic rings. The van der Waals surface area contributed by atoms with Gasteiger partial charge in [0.05, 0.1) is 5.56 Å². The van der Waals surface area contributed by atoms with Crippen LogP contribution in [0, 0.1) is 0 Å². The first-order chi connectivity index (χ1) is 12.7. The van der Waals surface area contributed by atoms with Gasteiger partial charge in [-0.05, 0) is 35.4 Å². The van der Waals surface area contributed by atoms with Crippen LogP contribution in [0.3, 0.4) is 0 Å². The molecule has 0 bridgehead atoms. The second-order valence-corrected chi connectivity index (χ2v) is 5.42. The van der Waals surface area contributed by atoms with Crippen LogP contribution in [-0.2, 0) is 4.79 Å². The molecule has 0 saturated carbocycles. The summed E-state index contributed by atoms with van der Waals surface area (Å²) in [4.78, 5) is 27.4. The van der Waals surface area contributed by atoms with Gasteiger partial charge in [-0.3, -0.25) is 25.4 Å². The van der Waals surface area contributed by atoms with Gasteiger partial charge in [-0.25, -0.2) is 0 Å². The molecule has 6 heteroatoms. The summed E-state index contributed by atoms with van der Waals surface area (Å²) in [5.74, 6) is -0.341. The van der Waals surface area contributed by atoms with Gasteiger partial charge < -0.3 is 4.74 Å². The number of aromatic nitrogens is 1. The number of amides is 2. The van der Waals surface area contributed by atoms with Crippen molar-refractivity contribution in [1.29, 1.82) is 0 Å². The zero-order valence-electron chi connectivity index (χ0n) is 13.9. The van der Waals surface area contributed by atoms with Gasteiger partial charge in [0.15, 0.2) is 6.61 Å². The summed E-state index contributed by atoms with van der Waals surface area (Å²) in [5.41, 5.74) is 7.12. The van der Waals surface area contributed by atoms with Crippen LogP contribution in [0.4, 0.5) is 0 Å². The van der Waals surface area contributed by atoms with E-state index < -0.39 is 11.8 Å². The van der Waals surface area contributed by atoms with E-state index in [1.54, 1.807) is 30.5 Å². The molecule has 1 aromatic heterocycles. The van der Waals surface area contributed by atoms with Gasteiger partial charge in [0.25, 0.3) is 11.8 Å². The maximum absolute atomic E-state index is 11.8. The van der Waals surface area contributed by atoms with Gasteiger partial charge in [0.1, 0.15) is 5.75 Å². The summed E-state index contributed by atoms with van der Waals surface area (Å²) in [7, 11) is 0. The smallest absolute Gasteiger partial charge is 0.276 e. The van der Waals surface area contributed by atoms with Gasteiger partial charge in [0.2, 0.25) is 0 Å². The molecule has 0 spiro atoms. The molecule has 0 aliphatic carbocycles. The molecule has 0 fully saturated rings. The second-order valence-electron chi connectivity index (χ2n) is 5.42. The van der Waals surface area contributed by atoms with Crippen molar-refractivity contribution in [2.75, 3.05) is 6.61 Å². The third kappa shape index (κ3) is 4.67. The fraction of sp³-hybridized carbons (Fsp3) is 0.0500. The zero-order chi connectivity index (χ0) is 18.2. The van der Waals surface area contributed by atoms with Crippen molar-refractivity contribution in [2.24, 2.45) is 0 Å². The van der Waals surface area contributed by atoms with E-state index in [1.165, 1.54) is 6.20 Å². The number of rotatable bonds is 5. The molecule has 0 aliphatic rings. The monoisotopic (exact) mass is 347 g/mol. The SMILES string of the molecule is O=C(COc1ccc(-c2ccccc2)cc1)NNC(=O)c1cccnc1. The van der Waals surface area contributed by atoms with E-state index in [0.29, 0.717) is 11.3 Å². The minimum atomic E-state index is -0.464. The van der Waals surface area contributed by atoms with Crippen LogP contribution < -0.4 is 15.6 Å². The molecule has 0 saturated heterocycles. The van der Waals surface area contributed by atoms with Gasteiger partial charge in [-0.15, -0.1) is 0 Å². The van der Waals surface area contributed by atoms with Crippen LogP contribution >= 0.6 is 0 Å². The van der Waals surface area contributed by atoms with E-state index in [9.17, 15) is 9.59 Å². The number of carbonyl (C=O) groups is 2. The Morgan fingerprint density at radius 2 is 1.58 bits per heavy atom. The van der Waals surface area contributed by atoms with E-state index in [4.69, 9.17) is 4.74 Å². The highest BCUT2D eigenvalue weighted by Gasteiger charge is 2.08. The number of nitrogens with one attached hydrogen (secondary N) is 2. The van der Waals surface area contributed by atoms with Crippen molar-refractivity contribution in [3.63, 3.8) is 0 Å². The lowest BCUT2D eigenvalue weighted by molar-refractivity contribution is -0.123. The Balaban J connectivity index is 1.46. The van der Waals surface area contributed by atoms with E-state index in [2.05, 4.69) is 15.8 Å². The molecule has 3 rings (SSSR count). The molecule has 0 unspecified atom stereocenters. The molecule has 0 aliphatic heterocycles. The lowest BCUT2D eigenvalue weighted by Gasteiger charge is -2.09. The van der Waals surface area contributed by atoms with Crippen LogP contribution in [0.5, 0.6) is 5.75 Å². The standard InChI is InChI=1S/C20H17N3O3/c24-19(22-23-20(25)17-7-4-12-21-13-17)14-26-18-10-8-16(9-11-18)15-5-2-1-3-6-15/h1-13H,14H2,(H,22,24)(H,23,25). The van der Waals surface area contributed by atoms with E-state index in [1.807, 2.05) is 42.5 Å². The number of benzene rings is 2. The molecule has 2 aromatic carbocycles. The normalized spacial score (nSPS) is 10.0. The number of pyridine rings is 1. The highest BCUT2D eigenvalue weighted by molar-refractivity contribution is 5.95. The van der Waals surface area contributed by atoms with Crippen LogP contribution in [0.2, 0.25) is 0 Å². The highest BCUT2D eigenvalue weighted by Crippen LogP contribution is 2.21. The number of hydrogen-bond acceptors (Lipinski definition) is 4. The highest BCUT2D eigenvalue weighted by atomic mass is 16.5. The maximum atomic E-state index is 11.8. The summed E-state index contributed by atoms with van der Waals surface area (Å²) >= 11 is 0. The van der Waals surface area contributed by atoms with Crippen molar-refractivity contribution >= 4 is 11.8 Å². The predicted molar refractivity (Wildman–Crippen MR) is 97.2 cm³/mol. The quantitative estimate of drug-likeness (QED) is 0.695. The van der Waals surface area contributed by atoms with Crippen LogP contribution in [0.15, 0.2) is 79.1 Å². The average molecular weight is 347 g/mol. The predicted octanol–water partition coefficient (Wildman–Crippen LogP) is 2.59. The Labute approximate surface area is 150 Å². The molecule has 0 atom stereocenters. The first kappa shape index (κ1) is 17.2. The fourth-order valence-electron chi connectivity index (χ4n) is 2.25. The number of ether oxygens (including phenoxy) is 1. The van der Waals surface area contributed by atoms with E-state index in [0.717, 1.165) is 11.1 Å². The van der Waals surface area contributed by atoms with E-state index >= 15 is 0 Å². The Morgan fingerprint density at radius 1 is 0.846 bits per heavy atom. The lowest BCUT2D eigenvalue weighted by atomic mass is 10.1. The molecule has 1 heterocycles. The van der Waals surface area contributed by atoms with E-state index in [-0.39, 0.29) is 6.61 Å². The average Bonchev–Trinajstić information content (AvgIpc) is 2.72. The summed E-state index contributed by atoms with van der Waals surface area (Å²) < 4.78 is 5.42. The Hall–Kier alpha value is -3.67. The lowest BCUT2D eigenvalue weighted by Crippen LogP contribution is -2.43. The van der Waals surface area contributed by atoms with Crippen molar-refractivity contribution in [3.05, 3.63) is 84.7 Å². The number of carbonyl (C=O) groups excluding carboxylic acids is 2. The summed E-state index contributed by atoms with van der Waals surface area (Å²) in [5, 5.41) is 0. The molecule has 130 valence electrons. The van der Waals surface area contributed by atoms with Crippen LogP contribution in [-0.4, -0.2) is 23.4 Å². The Morgan fingerprint density at radius 3 is 2.27 bits per heavy atom. The van der Waals surface area contributed by atoms with Gasteiger partial charge in [-0.1, -0.05) is 42.5 Å². The Kier molecular flexibility index (Phi) is 5.57. The molecule has 26 heavy (non-hydrogen) atoms. The summed E-state index contributed by atoms with van der Waals surface area (Å²) in [6.07, 6.45) is 2.97. The minimum absolute atomic E-state index is 0.210. The fourth-order valence-corrected chi connectivity index (χ4v) is 2.25. The number of nitrogens with zero attached hydrogens (tertiary/aromatic N) is 1. The van der Waals surface area contributed by atoms with Crippen molar-refractivity contribution in [2.45, 2.75) is 0 Å². The van der Waals surface area contributed by atoms with Crippen molar-refractivity contribution < 1.29 is 14.3 Å². The zero-order valence-corrected chi connectivity index (χ0v) is 13.9. The first-order valence-corrected chi connectivity index (χ1v) is 8.00. The first-order valence-electron chi connectivity index (χ1n) is 8.00. The van der Waals surface area contributed by atoms with Crippen molar-refractivity contribution in [3.8, 4) is 16.9 Å². The van der Waals surface area contributed by atoms with Gasteiger partial charge in [0, 0.05) is 12.4 Å². The third-order valence-corrected chi connectivity index (χ3v) is 3.57. The largest absolute Gasteiger partial charge is 0.484 e. The molecular weight excluding hydrogens is 330 g/mol. The molecular formula is C20H17N3O3. The van der Waals surface area contributed by atoms with Gasteiger partial charge in [-0.2, -0.15) is 0 Å². The topological polar surface area (TPSA) is 80.3 Å². The summed E-state index contributed by atoms with van der Waals surface area (Å²) in [6, 6.07) is 20.6. The molecule has 2 N–H and O–H groups in total. The number of hydrazine groups is 1. The summed E-state index contributed by atoms with van der Waals surface area (Å²) in [6.45, 7) is -0.210. The maximum Gasteiger partial charge on any atom is 0.276 e. The van der Waals surface area contributed by atoms with Crippen molar-refractivity contribution in [1.82, 2.24) is 15.8 Å².